The van der Waals surface area contributed by atoms with E-state index in [2.05, 4.69) is 24.0 Å². The molecule has 0 spiro atoms. The molecule has 1 rings (SSSR count). The van der Waals surface area contributed by atoms with Crippen molar-refractivity contribution in [3.63, 3.8) is 0 Å². The first-order chi connectivity index (χ1) is 4.88. The first-order valence-electron chi connectivity index (χ1n) is 3.93. The third-order valence-electron chi connectivity index (χ3n) is 2.11. The standard InChI is InChI=1S/C8H16N2/c1-2-3-5-10-6-4-8(10)7-9/h2-3,8H,4-7,9H2,1H3/b3-2+. The van der Waals surface area contributed by atoms with Crippen LogP contribution in [0.5, 0.6) is 0 Å². The molecule has 0 radical (unpaired) electrons. The third-order valence-corrected chi connectivity index (χ3v) is 2.11. The molecular formula is C8H16N2. The monoisotopic (exact) mass is 140 g/mol. The lowest BCUT2D eigenvalue weighted by atomic mass is 10.0. The van der Waals surface area contributed by atoms with Crippen molar-refractivity contribution in [3.05, 3.63) is 12.2 Å². The summed E-state index contributed by atoms with van der Waals surface area (Å²) in [6, 6.07) is 0.663. The minimum Gasteiger partial charge on any atom is -0.329 e. The summed E-state index contributed by atoms with van der Waals surface area (Å²) in [4.78, 5) is 2.40. The molecule has 0 saturated carbocycles. The van der Waals surface area contributed by atoms with Crippen molar-refractivity contribution in [1.82, 2.24) is 4.90 Å². The van der Waals surface area contributed by atoms with Gasteiger partial charge >= 0.3 is 0 Å². The summed E-state index contributed by atoms with van der Waals surface area (Å²) < 4.78 is 0. The number of rotatable bonds is 3. The van der Waals surface area contributed by atoms with Crippen LogP contribution in [0.4, 0.5) is 0 Å². The Kier molecular flexibility index (Phi) is 2.90. The first-order valence-corrected chi connectivity index (χ1v) is 3.93. The van der Waals surface area contributed by atoms with Crippen molar-refractivity contribution >= 4 is 0 Å². The van der Waals surface area contributed by atoms with Gasteiger partial charge in [-0.15, -0.1) is 0 Å². The summed E-state index contributed by atoms with van der Waals surface area (Å²) in [5.41, 5.74) is 5.53. The molecule has 1 aliphatic rings. The second kappa shape index (κ2) is 3.74. The topological polar surface area (TPSA) is 29.3 Å². The lowest BCUT2D eigenvalue weighted by molar-refractivity contribution is 0.113. The zero-order valence-electron chi connectivity index (χ0n) is 6.59. The van der Waals surface area contributed by atoms with Gasteiger partial charge in [-0.1, -0.05) is 12.2 Å². The lowest BCUT2D eigenvalue weighted by Gasteiger charge is -2.39. The molecule has 10 heavy (non-hydrogen) atoms. The minimum absolute atomic E-state index is 0.663. The average molecular weight is 140 g/mol. The van der Waals surface area contributed by atoms with Gasteiger partial charge in [0.2, 0.25) is 0 Å². The molecule has 0 aromatic carbocycles. The van der Waals surface area contributed by atoms with Crippen LogP contribution >= 0.6 is 0 Å². The zero-order chi connectivity index (χ0) is 7.40. The van der Waals surface area contributed by atoms with Gasteiger partial charge < -0.3 is 5.73 Å². The van der Waals surface area contributed by atoms with Crippen LogP contribution in [0.1, 0.15) is 13.3 Å². The van der Waals surface area contributed by atoms with Gasteiger partial charge in [0.05, 0.1) is 0 Å². The van der Waals surface area contributed by atoms with E-state index >= 15 is 0 Å². The molecule has 2 heteroatoms. The smallest absolute Gasteiger partial charge is 0.0233 e. The molecule has 58 valence electrons. The van der Waals surface area contributed by atoms with E-state index in [0.717, 1.165) is 13.1 Å². The molecule has 0 amide bonds. The Morgan fingerprint density at radius 3 is 2.90 bits per heavy atom. The number of hydrogen-bond donors (Lipinski definition) is 1. The van der Waals surface area contributed by atoms with Crippen LogP contribution in [0, 0.1) is 0 Å². The Bertz CT molecular complexity index is 118. The Labute approximate surface area is 62.7 Å². The molecule has 1 heterocycles. The van der Waals surface area contributed by atoms with Crippen molar-refractivity contribution in [1.29, 1.82) is 0 Å². The number of nitrogens with two attached hydrogens (primary N) is 1. The molecule has 0 aromatic heterocycles. The molecule has 1 aliphatic heterocycles. The number of nitrogens with zero attached hydrogens (tertiary/aromatic N) is 1. The summed E-state index contributed by atoms with van der Waals surface area (Å²) in [5, 5.41) is 0. The summed E-state index contributed by atoms with van der Waals surface area (Å²) in [6.45, 7) is 5.18. The Morgan fingerprint density at radius 1 is 1.70 bits per heavy atom. The predicted octanol–water partition coefficient (Wildman–Crippen LogP) is 0.596. The van der Waals surface area contributed by atoms with Gasteiger partial charge in [0.15, 0.2) is 0 Å². The Balaban J connectivity index is 2.16. The SMILES string of the molecule is C/C=C/CN1CCC1CN. The highest BCUT2D eigenvalue weighted by atomic mass is 15.2. The Morgan fingerprint density at radius 2 is 2.50 bits per heavy atom. The normalized spacial score (nSPS) is 27.2. The van der Waals surface area contributed by atoms with E-state index < -0.39 is 0 Å². The molecule has 2 N–H and O–H groups in total. The van der Waals surface area contributed by atoms with Crippen molar-refractivity contribution in [3.8, 4) is 0 Å². The Hall–Kier alpha value is -0.340. The fourth-order valence-corrected chi connectivity index (χ4v) is 1.24. The molecule has 1 fully saturated rings. The minimum atomic E-state index is 0.663. The lowest BCUT2D eigenvalue weighted by Crippen LogP contribution is -2.51. The van der Waals surface area contributed by atoms with Gasteiger partial charge in [-0.2, -0.15) is 0 Å². The first kappa shape index (κ1) is 7.76. The van der Waals surface area contributed by atoms with E-state index in [0.29, 0.717) is 6.04 Å². The molecule has 0 aliphatic carbocycles. The van der Waals surface area contributed by atoms with Crippen LogP contribution in [-0.2, 0) is 0 Å². The molecule has 2 nitrogen and oxygen atoms in total. The maximum absolute atomic E-state index is 5.53. The number of likely N-dealkylation sites (tertiary alicyclic amines) is 1. The van der Waals surface area contributed by atoms with Gasteiger partial charge in [-0.3, -0.25) is 4.90 Å². The third kappa shape index (κ3) is 1.58. The van der Waals surface area contributed by atoms with Crippen LogP contribution in [0.2, 0.25) is 0 Å². The number of hydrogen-bond acceptors (Lipinski definition) is 2. The van der Waals surface area contributed by atoms with Crippen LogP contribution in [0.3, 0.4) is 0 Å². The van der Waals surface area contributed by atoms with Gasteiger partial charge in [0.1, 0.15) is 0 Å². The van der Waals surface area contributed by atoms with E-state index in [-0.39, 0.29) is 0 Å². The second-order valence-electron chi connectivity index (χ2n) is 2.74. The molecule has 0 aromatic rings. The van der Waals surface area contributed by atoms with E-state index in [1.165, 1.54) is 13.0 Å². The molecule has 1 saturated heterocycles. The number of allylic oxidation sites excluding steroid dienone is 1. The largest absolute Gasteiger partial charge is 0.329 e. The summed E-state index contributed by atoms with van der Waals surface area (Å²) >= 11 is 0. The van der Waals surface area contributed by atoms with Gasteiger partial charge in [-0.05, 0) is 13.3 Å². The van der Waals surface area contributed by atoms with Gasteiger partial charge in [0, 0.05) is 25.7 Å². The van der Waals surface area contributed by atoms with E-state index in [4.69, 9.17) is 5.73 Å². The molecule has 1 atom stereocenters. The van der Waals surface area contributed by atoms with Crippen LogP contribution in [0.25, 0.3) is 0 Å². The van der Waals surface area contributed by atoms with Crippen molar-refractivity contribution < 1.29 is 0 Å². The molecule has 0 bridgehead atoms. The van der Waals surface area contributed by atoms with E-state index in [1.54, 1.807) is 0 Å². The molecule has 1 unspecified atom stereocenters. The maximum atomic E-state index is 5.53. The predicted molar refractivity (Wildman–Crippen MR) is 43.8 cm³/mol. The van der Waals surface area contributed by atoms with E-state index in [1.807, 2.05) is 0 Å². The molecular weight excluding hydrogens is 124 g/mol. The zero-order valence-corrected chi connectivity index (χ0v) is 6.59. The quantitative estimate of drug-likeness (QED) is 0.581. The highest BCUT2D eigenvalue weighted by Gasteiger charge is 2.24. The summed E-state index contributed by atoms with van der Waals surface area (Å²) in [6.07, 6.45) is 5.56. The van der Waals surface area contributed by atoms with Crippen LogP contribution in [0.15, 0.2) is 12.2 Å². The fourth-order valence-electron chi connectivity index (χ4n) is 1.24. The summed E-state index contributed by atoms with van der Waals surface area (Å²) in [5.74, 6) is 0. The van der Waals surface area contributed by atoms with Crippen molar-refractivity contribution in [2.24, 2.45) is 5.73 Å². The average Bonchev–Trinajstić information content (AvgIpc) is 1.88. The highest BCUT2D eigenvalue weighted by molar-refractivity contribution is 4.90. The van der Waals surface area contributed by atoms with Gasteiger partial charge in [0.25, 0.3) is 0 Å². The fraction of sp³-hybridized carbons (Fsp3) is 0.750. The van der Waals surface area contributed by atoms with E-state index in [9.17, 15) is 0 Å². The van der Waals surface area contributed by atoms with Crippen molar-refractivity contribution in [2.45, 2.75) is 19.4 Å². The van der Waals surface area contributed by atoms with Crippen molar-refractivity contribution in [2.75, 3.05) is 19.6 Å². The van der Waals surface area contributed by atoms with Gasteiger partial charge in [-0.25, -0.2) is 0 Å². The highest BCUT2D eigenvalue weighted by Crippen LogP contribution is 2.14. The maximum Gasteiger partial charge on any atom is 0.0233 e. The van der Waals surface area contributed by atoms with Crippen LogP contribution in [-0.4, -0.2) is 30.6 Å². The van der Waals surface area contributed by atoms with Crippen LogP contribution < -0.4 is 5.73 Å². The second-order valence-corrected chi connectivity index (χ2v) is 2.74. The summed E-state index contributed by atoms with van der Waals surface area (Å²) in [7, 11) is 0.